The third-order valence-electron chi connectivity index (χ3n) is 6.48. The molecule has 9 heteroatoms. The molecule has 0 saturated heterocycles. The fourth-order valence-corrected chi connectivity index (χ4v) is 4.65. The summed E-state index contributed by atoms with van der Waals surface area (Å²) in [6, 6.07) is 21.2. The molecule has 4 N–H and O–H groups in total. The predicted molar refractivity (Wildman–Crippen MR) is 151 cm³/mol. The van der Waals surface area contributed by atoms with E-state index in [1.165, 1.54) is 11.1 Å². The van der Waals surface area contributed by atoms with Gasteiger partial charge in [0.2, 0.25) is 5.95 Å². The largest absolute Gasteiger partial charge is 0.493 e. The summed E-state index contributed by atoms with van der Waals surface area (Å²) in [6.07, 6.45) is 6.94. The Balaban J connectivity index is 1.49. The van der Waals surface area contributed by atoms with Gasteiger partial charge in [-0.15, -0.1) is 0 Å². The van der Waals surface area contributed by atoms with Crippen LogP contribution in [-0.4, -0.2) is 41.3 Å². The summed E-state index contributed by atoms with van der Waals surface area (Å²) in [5.41, 5.74) is 16.9. The van der Waals surface area contributed by atoms with Crippen LogP contribution in [0.1, 0.15) is 39.4 Å². The minimum Gasteiger partial charge on any atom is -0.493 e. The topological polar surface area (TPSA) is 129 Å². The van der Waals surface area contributed by atoms with Gasteiger partial charge in [0.25, 0.3) is 5.91 Å². The highest BCUT2D eigenvalue weighted by Crippen LogP contribution is 2.36. The summed E-state index contributed by atoms with van der Waals surface area (Å²) >= 11 is 0. The molecule has 0 spiro atoms. The predicted octanol–water partition coefficient (Wildman–Crippen LogP) is 4.23. The molecule has 1 amide bonds. The van der Waals surface area contributed by atoms with Gasteiger partial charge in [-0.3, -0.25) is 4.79 Å². The molecule has 4 aromatic rings. The number of nitrogens with two attached hydrogens (primary N) is 2. The summed E-state index contributed by atoms with van der Waals surface area (Å²) in [5, 5.41) is 6.02. The first-order chi connectivity index (χ1) is 19.0. The molecule has 1 aliphatic rings. The molecule has 5 rings (SSSR count). The van der Waals surface area contributed by atoms with Crippen molar-refractivity contribution in [3.05, 3.63) is 112 Å². The van der Waals surface area contributed by atoms with Crippen LogP contribution in [0, 0.1) is 0 Å². The standard InChI is InChI=1S/C30H28N6O3/c1-38-25-16-19(15-23-17-33-30(32)35-29(23)31)14-21(28(25)39-2)12-13-26(37)36-27(20-8-4-3-5-9-20)24-11-7-6-10-22(24)18-34-36/h3-14,16-18,27H,15H2,1-2H3,(H4,31,32,33,35)/b13-12+/t27-/m0/s1. The van der Waals surface area contributed by atoms with E-state index in [0.717, 1.165) is 27.8 Å². The molecule has 0 unspecified atom stereocenters. The molecule has 1 aromatic heterocycles. The van der Waals surface area contributed by atoms with Crippen LogP contribution in [0.15, 0.2) is 84.1 Å². The maximum absolute atomic E-state index is 13.6. The Morgan fingerprint density at radius 3 is 2.54 bits per heavy atom. The number of fused-ring (bicyclic) bond motifs is 1. The minimum atomic E-state index is -0.360. The normalized spacial score (nSPS) is 14.3. The first-order valence-corrected chi connectivity index (χ1v) is 12.3. The lowest BCUT2D eigenvalue weighted by Crippen LogP contribution is -2.33. The van der Waals surface area contributed by atoms with Gasteiger partial charge in [-0.25, -0.2) is 9.99 Å². The van der Waals surface area contributed by atoms with Crippen LogP contribution >= 0.6 is 0 Å². The van der Waals surface area contributed by atoms with E-state index in [1.807, 2.05) is 66.7 Å². The van der Waals surface area contributed by atoms with E-state index in [9.17, 15) is 4.79 Å². The number of carbonyl (C=O) groups excluding carboxylic acids is 1. The molecule has 1 aliphatic heterocycles. The highest BCUT2D eigenvalue weighted by molar-refractivity contribution is 5.95. The molecule has 0 aliphatic carbocycles. The van der Waals surface area contributed by atoms with E-state index in [-0.39, 0.29) is 17.9 Å². The highest BCUT2D eigenvalue weighted by Gasteiger charge is 2.29. The molecule has 1 atom stereocenters. The Labute approximate surface area is 226 Å². The van der Waals surface area contributed by atoms with Crippen LogP contribution in [0.3, 0.4) is 0 Å². The summed E-state index contributed by atoms with van der Waals surface area (Å²) in [6.45, 7) is 0. The number of amides is 1. The molecule has 0 radical (unpaired) electrons. The Hall–Kier alpha value is -5.18. The number of hydrogen-bond acceptors (Lipinski definition) is 8. The van der Waals surface area contributed by atoms with Crippen molar-refractivity contribution in [1.29, 1.82) is 0 Å². The summed E-state index contributed by atoms with van der Waals surface area (Å²) in [4.78, 5) is 21.7. The van der Waals surface area contributed by atoms with Crippen LogP contribution in [0.5, 0.6) is 11.5 Å². The summed E-state index contributed by atoms with van der Waals surface area (Å²) < 4.78 is 11.2. The third kappa shape index (κ3) is 5.28. The lowest BCUT2D eigenvalue weighted by atomic mass is 9.93. The zero-order valence-electron chi connectivity index (χ0n) is 21.6. The SMILES string of the molecule is COc1cc(Cc2cnc(N)nc2N)cc(/C=C/C(=O)N2N=Cc3ccccc3[C@@H]2c2ccccc2)c1OC. The zero-order chi connectivity index (χ0) is 27.4. The number of carbonyl (C=O) groups is 1. The number of methoxy groups -OCH3 is 2. The van der Waals surface area contributed by atoms with Crippen molar-refractivity contribution < 1.29 is 14.3 Å². The molecule has 2 heterocycles. The number of anilines is 2. The van der Waals surface area contributed by atoms with Gasteiger partial charge >= 0.3 is 0 Å². The van der Waals surface area contributed by atoms with Crippen molar-refractivity contribution in [3.63, 3.8) is 0 Å². The maximum atomic E-state index is 13.6. The van der Waals surface area contributed by atoms with Gasteiger partial charge < -0.3 is 20.9 Å². The minimum absolute atomic E-state index is 0.113. The molecule has 39 heavy (non-hydrogen) atoms. The molecule has 0 saturated carbocycles. The second-order valence-corrected chi connectivity index (χ2v) is 8.94. The second-order valence-electron chi connectivity index (χ2n) is 8.94. The van der Waals surface area contributed by atoms with Crippen LogP contribution in [0.2, 0.25) is 0 Å². The van der Waals surface area contributed by atoms with Crippen LogP contribution < -0.4 is 20.9 Å². The fourth-order valence-electron chi connectivity index (χ4n) is 4.65. The summed E-state index contributed by atoms with van der Waals surface area (Å²) in [5.74, 6) is 1.16. The monoisotopic (exact) mass is 520 g/mol. The van der Waals surface area contributed by atoms with Gasteiger partial charge in [0.15, 0.2) is 11.5 Å². The van der Waals surface area contributed by atoms with Gasteiger partial charge in [-0.1, -0.05) is 54.6 Å². The number of nitrogen functional groups attached to an aromatic ring is 2. The van der Waals surface area contributed by atoms with Gasteiger partial charge in [-0.05, 0) is 34.9 Å². The Morgan fingerprint density at radius 2 is 1.79 bits per heavy atom. The second kappa shape index (κ2) is 11.1. The molecule has 0 bridgehead atoms. The van der Waals surface area contributed by atoms with Crippen LogP contribution in [0.4, 0.5) is 11.8 Å². The number of aromatic nitrogens is 2. The smallest absolute Gasteiger partial charge is 0.267 e. The van der Waals surface area contributed by atoms with Crippen molar-refractivity contribution in [1.82, 2.24) is 15.0 Å². The van der Waals surface area contributed by atoms with Crippen molar-refractivity contribution >= 4 is 30.0 Å². The van der Waals surface area contributed by atoms with Crippen LogP contribution in [0.25, 0.3) is 6.08 Å². The lowest BCUT2D eigenvalue weighted by molar-refractivity contribution is -0.127. The number of hydrogen-bond donors (Lipinski definition) is 2. The average molecular weight is 521 g/mol. The highest BCUT2D eigenvalue weighted by atomic mass is 16.5. The Kier molecular flexibility index (Phi) is 7.22. The lowest BCUT2D eigenvalue weighted by Gasteiger charge is -2.31. The first-order valence-electron chi connectivity index (χ1n) is 12.3. The molecular formula is C30H28N6O3. The summed E-state index contributed by atoms with van der Waals surface area (Å²) in [7, 11) is 3.12. The third-order valence-corrected chi connectivity index (χ3v) is 6.48. The van der Waals surface area contributed by atoms with Crippen molar-refractivity contribution in [3.8, 4) is 11.5 Å². The molecule has 0 fully saturated rings. The van der Waals surface area contributed by atoms with Gasteiger partial charge in [0, 0.05) is 35.4 Å². The average Bonchev–Trinajstić information content (AvgIpc) is 2.96. The van der Waals surface area contributed by atoms with Gasteiger partial charge in [0.05, 0.1) is 20.4 Å². The molecule has 196 valence electrons. The molecule has 3 aromatic carbocycles. The number of nitrogens with zero attached hydrogens (tertiary/aromatic N) is 4. The number of benzene rings is 3. The Bertz CT molecular complexity index is 1570. The van der Waals surface area contributed by atoms with E-state index in [0.29, 0.717) is 29.3 Å². The van der Waals surface area contributed by atoms with Crippen molar-refractivity contribution in [2.45, 2.75) is 12.5 Å². The fraction of sp³-hybridized carbons (Fsp3) is 0.133. The number of rotatable bonds is 7. The first kappa shape index (κ1) is 25.5. The molecular weight excluding hydrogens is 492 g/mol. The van der Waals surface area contributed by atoms with Crippen molar-refractivity contribution in [2.75, 3.05) is 25.7 Å². The number of hydrazone groups is 1. The van der Waals surface area contributed by atoms with Crippen molar-refractivity contribution in [2.24, 2.45) is 5.10 Å². The number of ether oxygens (including phenoxy) is 2. The van der Waals surface area contributed by atoms with Gasteiger partial charge in [0.1, 0.15) is 11.9 Å². The zero-order valence-corrected chi connectivity index (χ0v) is 21.6. The van der Waals surface area contributed by atoms with Gasteiger partial charge in [-0.2, -0.15) is 10.1 Å². The van der Waals surface area contributed by atoms with E-state index in [1.54, 1.807) is 32.7 Å². The van der Waals surface area contributed by atoms with Crippen LogP contribution in [-0.2, 0) is 11.2 Å². The molecule has 9 nitrogen and oxygen atoms in total. The van der Waals surface area contributed by atoms with E-state index < -0.39 is 0 Å². The van der Waals surface area contributed by atoms with E-state index in [2.05, 4.69) is 15.1 Å². The maximum Gasteiger partial charge on any atom is 0.267 e. The Morgan fingerprint density at radius 1 is 1.03 bits per heavy atom. The van der Waals surface area contributed by atoms with E-state index >= 15 is 0 Å². The van der Waals surface area contributed by atoms with E-state index in [4.69, 9.17) is 20.9 Å². The quantitative estimate of drug-likeness (QED) is 0.349.